The molecule has 0 spiro atoms. The van der Waals surface area contributed by atoms with Crippen molar-refractivity contribution in [1.82, 2.24) is 9.99 Å². The number of nitro benzene ring substituents is 1. The smallest absolute Gasteiger partial charge is 0.287 e. The first-order valence-electron chi connectivity index (χ1n) is 10.0. The Bertz CT molecular complexity index is 1230. The number of fused-ring (bicyclic) bond motifs is 5. The van der Waals surface area contributed by atoms with E-state index in [1.807, 2.05) is 12.2 Å². The molecule has 1 aromatic heterocycles. The van der Waals surface area contributed by atoms with Crippen LogP contribution in [0.1, 0.15) is 12.0 Å². The van der Waals surface area contributed by atoms with Gasteiger partial charge in [-0.1, -0.05) is 12.2 Å². The van der Waals surface area contributed by atoms with Crippen molar-refractivity contribution in [3.8, 4) is 11.6 Å². The van der Waals surface area contributed by atoms with E-state index in [1.54, 1.807) is 0 Å². The van der Waals surface area contributed by atoms with E-state index in [0.717, 1.165) is 23.8 Å². The fourth-order valence-corrected chi connectivity index (χ4v) is 4.62. The third-order valence-corrected chi connectivity index (χ3v) is 6.11. The summed E-state index contributed by atoms with van der Waals surface area (Å²) in [6, 6.07) is 6.18. The van der Waals surface area contributed by atoms with Crippen LogP contribution in [0.15, 0.2) is 53.8 Å². The van der Waals surface area contributed by atoms with Crippen LogP contribution in [0.2, 0.25) is 0 Å². The zero-order valence-electron chi connectivity index (χ0n) is 16.8. The minimum absolute atomic E-state index is 0.00890. The third-order valence-electron chi connectivity index (χ3n) is 6.11. The molecule has 1 aliphatic heterocycles. The summed E-state index contributed by atoms with van der Waals surface area (Å²) in [5, 5.41) is 26.9. The molecule has 1 aromatic carbocycles. The molecule has 0 N–H and O–H groups in total. The van der Waals surface area contributed by atoms with Crippen LogP contribution in [0.3, 0.4) is 0 Å². The van der Waals surface area contributed by atoms with Gasteiger partial charge in [0.15, 0.2) is 0 Å². The highest BCUT2D eigenvalue weighted by Gasteiger charge is 2.59. The molecule has 3 aliphatic rings. The number of amides is 2. The second-order valence-corrected chi connectivity index (χ2v) is 7.93. The van der Waals surface area contributed by atoms with E-state index in [0.29, 0.717) is 0 Å². The lowest BCUT2D eigenvalue weighted by Gasteiger charge is -2.13. The molecule has 4 atom stereocenters. The lowest BCUT2D eigenvalue weighted by molar-refractivity contribution is -0.385. The number of hydrogen-bond donors (Lipinski definition) is 0. The van der Waals surface area contributed by atoms with E-state index < -0.39 is 21.7 Å². The van der Waals surface area contributed by atoms with Crippen molar-refractivity contribution >= 4 is 29.4 Å². The van der Waals surface area contributed by atoms with E-state index in [2.05, 4.69) is 10.1 Å². The van der Waals surface area contributed by atoms with Gasteiger partial charge in [0.2, 0.25) is 5.88 Å². The van der Waals surface area contributed by atoms with Gasteiger partial charge in [0.05, 0.1) is 27.9 Å². The molecule has 2 bridgehead atoms. The number of imide groups is 1. The zero-order valence-corrected chi connectivity index (χ0v) is 16.8. The summed E-state index contributed by atoms with van der Waals surface area (Å²) in [5.74, 6) is -1.44. The van der Waals surface area contributed by atoms with Gasteiger partial charge in [-0.05, 0) is 24.3 Å². The zero-order chi connectivity index (χ0) is 23.3. The monoisotopic (exact) mass is 449 g/mol. The Hall–Kier alpha value is -4.48. The predicted octanol–water partition coefficient (Wildman–Crippen LogP) is 2.83. The molecule has 2 aliphatic carbocycles. The van der Waals surface area contributed by atoms with Crippen molar-refractivity contribution < 1.29 is 24.2 Å². The topological polar surface area (TPSA) is 158 Å². The van der Waals surface area contributed by atoms with E-state index in [4.69, 9.17) is 4.74 Å². The molecule has 2 amide bonds. The van der Waals surface area contributed by atoms with Gasteiger partial charge in [-0.25, -0.2) is 4.98 Å². The van der Waals surface area contributed by atoms with Crippen molar-refractivity contribution in [1.29, 1.82) is 0 Å². The normalized spacial score (nSPS) is 25.2. The first-order valence-corrected chi connectivity index (χ1v) is 10.0. The van der Waals surface area contributed by atoms with Crippen LogP contribution < -0.4 is 4.74 Å². The first kappa shape index (κ1) is 20.4. The van der Waals surface area contributed by atoms with Gasteiger partial charge in [-0.15, -0.1) is 0 Å². The molecule has 1 saturated carbocycles. The number of carbonyl (C=O) groups is 2. The van der Waals surface area contributed by atoms with Crippen molar-refractivity contribution in [3.63, 3.8) is 0 Å². The van der Waals surface area contributed by atoms with Crippen LogP contribution in [0.25, 0.3) is 0 Å². The molecule has 2 heterocycles. The summed E-state index contributed by atoms with van der Waals surface area (Å²) in [4.78, 5) is 50.2. The van der Waals surface area contributed by atoms with Gasteiger partial charge in [0, 0.05) is 29.8 Å². The minimum atomic E-state index is -0.609. The Labute approximate surface area is 185 Å². The number of carbonyl (C=O) groups excluding carboxylic acids is 2. The molecule has 0 radical (unpaired) electrons. The van der Waals surface area contributed by atoms with E-state index >= 15 is 0 Å². The summed E-state index contributed by atoms with van der Waals surface area (Å²) in [6.07, 6.45) is 6.88. The Balaban J connectivity index is 1.43. The van der Waals surface area contributed by atoms with E-state index in [-0.39, 0.29) is 52.2 Å². The number of rotatable bonds is 6. The number of hydrazone groups is 1. The molecule has 5 rings (SSSR count). The molecule has 12 heteroatoms. The van der Waals surface area contributed by atoms with Crippen molar-refractivity contribution in [2.45, 2.75) is 6.42 Å². The summed E-state index contributed by atoms with van der Waals surface area (Å²) >= 11 is 0. The average Bonchev–Trinajstić information content (AvgIpc) is 3.47. The van der Waals surface area contributed by atoms with Crippen LogP contribution in [0.5, 0.6) is 11.6 Å². The molecule has 0 unspecified atom stereocenters. The number of nitrogens with zero attached hydrogens (tertiary/aromatic N) is 5. The molecule has 12 nitrogen and oxygen atoms in total. The van der Waals surface area contributed by atoms with Gasteiger partial charge >= 0.3 is 0 Å². The maximum Gasteiger partial charge on any atom is 0.287 e. The van der Waals surface area contributed by atoms with Crippen LogP contribution in [0, 0.1) is 43.9 Å². The number of non-ortho nitro benzene ring substituents is 1. The molecule has 33 heavy (non-hydrogen) atoms. The first-order chi connectivity index (χ1) is 15.8. The van der Waals surface area contributed by atoms with Crippen LogP contribution in [-0.2, 0) is 9.59 Å². The standard InChI is InChI=1S/C21H15N5O7/c27-20-18-11-1-2-12(7-11)19(18)21(28)24(20)23-9-13-8-14(25(29)30)3-5-16(13)33-17-6-4-15(10-22-17)26(31)32/h1-6,8-12,18-19H,7H2/t11-,12-,18-,19+/m0/s1. The van der Waals surface area contributed by atoms with Gasteiger partial charge in [0.1, 0.15) is 11.9 Å². The Kier molecular flexibility index (Phi) is 4.69. The largest absolute Gasteiger partial charge is 0.438 e. The van der Waals surface area contributed by atoms with Crippen molar-refractivity contribution in [3.05, 3.63) is 74.5 Å². The Morgan fingerprint density at radius 2 is 1.64 bits per heavy atom. The SMILES string of the molecule is O=C1[C@@H]2[C@H](C(=O)N1N=Cc1cc([N+](=O)[O-])ccc1Oc1ccc([N+](=O)[O-])cn1)[C@H]1C=C[C@H]2C1. The van der Waals surface area contributed by atoms with Crippen LogP contribution >= 0.6 is 0 Å². The summed E-state index contributed by atoms with van der Waals surface area (Å²) in [7, 11) is 0. The predicted molar refractivity (Wildman–Crippen MR) is 111 cm³/mol. The molecular formula is C21H15N5O7. The number of hydrogen-bond acceptors (Lipinski definition) is 9. The fourth-order valence-electron chi connectivity index (χ4n) is 4.62. The van der Waals surface area contributed by atoms with Gasteiger partial charge in [0.25, 0.3) is 23.2 Å². The maximum atomic E-state index is 12.8. The van der Waals surface area contributed by atoms with Crippen LogP contribution in [-0.4, -0.2) is 37.9 Å². The quantitative estimate of drug-likeness (QED) is 0.214. The van der Waals surface area contributed by atoms with Gasteiger partial charge < -0.3 is 4.74 Å². The molecule has 166 valence electrons. The summed E-state index contributed by atoms with van der Waals surface area (Å²) in [5.41, 5.74) is -0.352. The molecule has 1 saturated heterocycles. The number of aromatic nitrogens is 1. The van der Waals surface area contributed by atoms with Crippen LogP contribution in [0.4, 0.5) is 11.4 Å². The highest BCUT2D eigenvalue weighted by molar-refractivity contribution is 6.07. The highest BCUT2D eigenvalue weighted by Crippen LogP contribution is 2.52. The number of benzene rings is 1. The Morgan fingerprint density at radius 3 is 2.21 bits per heavy atom. The highest BCUT2D eigenvalue weighted by atomic mass is 16.6. The minimum Gasteiger partial charge on any atom is -0.438 e. The maximum absolute atomic E-state index is 12.8. The fraction of sp³-hybridized carbons (Fsp3) is 0.238. The van der Waals surface area contributed by atoms with Gasteiger partial charge in [-0.3, -0.25) is 29.8 Å². The van der Waals surface area contributed by atoms with Gasteiger partial charge in [-0.2, -0.15) is 10.1 Å². The molecule has 2 fully saturated rings. The van der Waals surface area contributed by atoms with Crippen molar-refractivity contribution in [2.24, 2.45) is 28.8 Å². The number of pyridine rings is 1. The lowest BCUT2D eigenvalue weighted by Crippen LogP contribution is -2.28. The molecular weight excluding hydrogens is 434 g/mol. The van der Waals surface area contributed by atoms with E-state index in [9.17, 15) is 29.8 Å². The average molecular weight is 449 g/mol. The second kappa shape index (κ2) is 7.58. The Morgan fingerprint density at radius 1 is 1.00 bits per heavy atom. The number of ether oxygens (including phenoxy) is 1. The van der Waals surface area contributed by atoms with E-state index in [1.165, 1.54) is 30.3 Å². The number of nitro groups is 2. The summed E-state index contributed by atoms with van der Waals surface area (Å²) in [6.45, 7) is 0. The lowest BCUT2D eigenvalue weighted by atomic mass is 9.85. The van der Waals surface area contributed by atoms with Crippen molar-refractivity contribution in [2.75, 3.05) is 0 Å². The molecule has 2 aromatic rings. The number of allylic oxidation sites excluding steroid dienone is 2. The third kappa shape index (κ3) is 3.41. The second-order valence-electron chi connectivity index (χ2n) is 7.93. The summed E-state index contributed by atoms with van der Waals surface area (Å²) < 4.78 is 5.62.